The highest BCUT2D eigenvalue weighted by Gasteiger charge is 2.33. The summed E-state index contributed by atoms with van der Waals surface area (Å²) in [5.41, 5.74) is 6.56. The zero-order chi connectivity index (χ0) is 30.7. The van der Waals surface area contributed by atoms with Gasteiger partial charge in [-0.2, -0.15) is 0 Å². The molecule has 1 aromatic rings. The molecule has 0 spiro atoms. The summed E-state index contributed by atoms with van der Waals surface area (Å²) in [5, 5.41) is 19.0. The minimum absolute atomic E-state index is 0.0579. The van der Waals surface area contributed by atoms with Gasteiger partial charge in [0.25, 0.3) is 5.91 Å². The molecule has 13 heteroatoms. The Bertz CT molecular complexity index is 1090. The van der Waals surface area contributed by atoms with Crippen LogP contribution in [0.15, 0.2) is 24.3 Å². The molecule has 0 bridgehead atoms. The average Bonchev–Trinajstić information content (AvgIpc) is 2.94. The molecule has 3 rings (SSSR count). The number of likely N-dealkylation sites (tertiary alicyclic amines) is 2. The molecule has 2 saturated heterocycles. The first-order valence-electron chi connectivity index (χ1n) is 13.5. The maximum absolute atomic E-state index is 13.0. The molecule has 0 unspecified atom stereocenters. The van der Waals surface area contributed by atoms with Crippen LogP contribution in [0.5, 0.6) is 5.75 Å². The summed E-state index contributed by atoms with van der Waals surface area (Å²) in [6.45, 7) is 8.23. The van der Waals surface area contributed by atoms with Crippen molar-refractivity contribution in [2.24, 2.45) is 11.8 Å². The highest BCUT2D eigenvalue weighted by atomic mass is 35.5. The van der Waals surface area contributed by atoms with E-state index in [1.165, 1.54) is 7.11 Å². The molecule has 0 radical (unpaired) electrons. The molecular weight excluding hydrogens is 556 g/mol. The molecule has 2 amide bonds. The van der Waals surface area contributed by atoms with Gasteiger partial charge in [-0.05, 0) is 31.2 Å². The molecule has 41 heavy (non-hydrogen) atoms. The molecule has 228 valence electrons. The van der Waals surface area contributed by atoms with Crippen LogP contribution >= 0.6 is 11.6 Å². The molecule has 0 aromatic heterocycles. The Balaban J connectivity index is 0.000000642. The number of nitrogens with one attached hydrogen (secondary N) is 1. The number of nitrogens with zero attached hydrogens (tertiary/aromatic N) is 2. The third-order valence-electron chi connectivity index (χ3n) is 7.13. The Morgan fingerprint density at radius 1 is 1.07 bits per heavy atom. The first kappa shape index (κ1) is 33.9. The van der Waals surface area contributed by atoms with E-state index in [1.54, 1.807) is 19.2 Å². The van der Waals surface area contributed by atoms with Crippen LogP contribution in [0.1, 0.15) is 43.5 Å². The third kappa shape index (κ3) is 10.5. The number of carboxylic acid groups (broad SMARTS) is 2. The summed E-state index contributed by atoms with van der Waals surface area (Å²) >= 11 is 6.13. The standard InChI is InChI=1S/C24H37ClN4O4.C4H4O4/c1-15(2)24(31)29-9-5-16(6-10-29)13-28-8-7-20(22(14-28)33-4)27-23(30)17-11-18(25)19(26)12-21(17)32-3;5-3(6)1-2-4(7)8/h11-12,15-16,20,22H,5-10,13-14,26H2,1-4H3,(H,27,30);1-2H,(H,5,6)(H,7,8)/b;2-1-/t20-,22+;/m1./s1. The van der Waals surface area contributed by atoms with Crippen LogP contribution in [-0.2, 0) is 19.1 Å². The zero-order valence-corrected chi connectivity index (χ0v) is 24.7. The fourth-order valence-corrected chi connectivity index (χ4v) is 5.08. The molecular formula is C28H41ClN4O8. The number of nitrogens with two attached hydrogens (primary N) is 1. The fourth-order valence-electron chi connectivity index (χ4n) is 4.92. The number of anilines is 1. The number of carboxylic acids is 2. The molecule has 0 saturated carbocycles. The molecule has 2 aliphatic heterocycles. The van der Waals surface area contributed by atoms with Gasteiger partial charge in [0, 0.05) is 64.0 Å². The van der Waals surface area contributed by atoms with Crippen molar-refractivity contribution < 1.29 is 38.9 Å². The van der Waals surface area contributed by atoms with E-state index in [9.17, 15) is 19.2 Å². The van der Waals surface area contributed by atoms with Gasteiger partial charge in [0.1, 0.15) is 5.75 Å². The van der Waals surface area contributed by atoms with Crippen LogP contribution in [0.4, 0.5) is 5.69 Å². The summed E-state index contributed by atoms with van der Waals surface area (Å²) in [6, 6.07) is 3.00. The number of hydrogen-bond donors (Lipinski definition) is 4. The number of piperidine rings is 2. The van der Waals surface area contributed by atoms with E-state index in [0.717, 1.165) is 52.0 Å². The lowest BCUT2D eigenvalue weighted by Crippen LogP contribution is -2.55. The first-order chi connectivity index (χ1) is 19.4. The number of methoxy groups -OCH3 is 2. The molecule has 5 N–H and O–H groups in total. The van der Waals surface area contributed by atoms with Crippen molar-refractivity contribution in [2.45, 2.75) is 45.3 Å². The lowest BCUT2D eigenvalue weighted by molar-refractivity contribution is -0.136. The Labute approximate surface area is 245 Å². The molecule has 0 aliphatic carbocycles. The summed E-state index contributed by atoms with van der Waals surface area (Å²) < 4.78 is 11.1. The van der Waals surface area contributed by atoms with E-state index < -0.39 is 11.9 Å². The lowest BCUT2D eigenvalue weighted by atomic mass is 9.93. The number of carbonyl (C=O) groups is 4. The van der Waals surface area contributed by atoms with Crippen LogP contribution in [0.2, 0.25) is 5.02 Å². The second-order valence-electron chi connectivity index (χ2n) is 10.4. The molecule has 2 atom stereocenters. The van der Waals surface area contributed by atoms with Crippen LogP contribution in [0.3, 0.4) is 0 Å². The van der Waals surface area contributed by atoms with Gasteiger partial charge in [-0.25, -0.2) is 9.59 Å². The van der Waals surface area contributed by atoms with E-state index in [1.807, 2.05) is 18.7 Å². The Morgan fingerprint density at radius 3 is 2.20 bits per heavy atom. The van der Waals surface area contributed by atoms with Crippen molar-refractivity contribution in [3.8, 4) is 5.75 Å². The number of hydrogen-bond acceptors (Lipinski definition) is 8. The van der Waals surface area contributed by atoms with Crippen LogP contribution in [0.25, 0.3) is 0 Å². The maximum Gasteiger partial charge on any atom is 0.328 e. The highest BCUT2D eigenvalue weighted by Crippen LogP contribution is 2.29. The third-order valence-corrected chi connectivity index (χ3v) is 7.46. The predicted molar refractivity (Wildman–Crippen MR) is 154 cm³/mol. The van der Waals surface area contributed by atoms with Gasteiger partial charge in [0.15, 0.2) is 0 Å². The maximum atomic E-state index is 13.0. The van der Waals surface area contributed by atoms with Gasteiger partial charge in [0.2, 0.25) is 5.91 Å². The van der Waals surface area contributed by atoms with Gasteiger partial charge in [-0.3, -0.25) is 9.59 Å². The molecule has 2 fully saturated rings. The molecule has 1 aromatic carbocycles. The first-order valence-corrected chi connectivity index (χ1v) is 13.9. The number of ether oxygens (including phenoxy) is 2. The van der Waals surface area contributed by atoms with E-state index >= 15 is 0 Å². The second kappa shape index (κ2) is 16.2. The number of amides is 2. The largest absolute Gasteiger partial charge is 0.496 e. The second-order valence-corrected chi connectivity index (χ2v) is 10.8. The average molecular weight is 597 g/mol. The van der Waals surface area contributed by atoms with Crippen molar-refractivity contribution in [2.75, 3.05) is 52.7 Å². The van der Waals surface area contributed by atoms with Gasteiger partial charge in [-0.1, -0.05) is 25.4 Å². The highest BCUT2D eigenvalue weighted by molar-refractivity contribution is 6.33. The Hall–Kier alpha value is -3.35. The normalized spacial score (nSPS) is 19.9. The van der Waals surface area contributed by atoms with E-state index in [-0.39, 0.29) is 29.9 Å². The van der Waals surface area contributed by atoms with E-state index in [0.29, 0.717) is 40.1 Å². The topological polar surface area (TPSA) is 172 Å². The van der Waals surface area contributed by atoms with Crippen molar-refractivity contribution >= 4 is 41.0 Å². The van der Waals surface area contributed by atoms with Crippen molar-refractivity contribution in [3.63, 3.8) is 0 Å². The van der Waals surface area contributed by atoms with Gasteiger partial charge >= 0.3 is 11.9 Å². The van der Waals surface area contributed by atoms with Crippen LogP contribution in [-0.4, -0.2) is 103 Å². The number of aliphatic carboxylic acids is 2. The monoisotopic (exact) mass is 596 g/mol. The molecule has 2 heterocycles. The Morgan fingerprint density at radius 2 is 1.68 bits per heavy atom. The number of carbonyl (C=O) groups excluding carboxylic acids is 2. The van der Waals surface area contributed by atoms with E-state index in [2.05, 4.69) is 10.2 Å². The van der Waals surface area contributed by atoms with Crippen LogP contribution < -0.4 is 15.8 Å². The fraction of sp³-hybridized carbons (Fsp3) is 0.571. The lowest BCUT2D eigenvalue weighted by Gasteiger charge is -2.41. The minimum Gasteiger partial charge on any atom is -0.496 e. The van der Waals surface area contributed by atoms with Gasteiger partial charge < -0.3 is 40.5 Å². The van der Waals surface area contributed by atoms with Crippen molar-refractivity contribution in [3.05, 3.63) is 34.9 Å². The van der Waals surface area contributed by atoms with Crippen LogP contribution in [0, 0.1) is 11.8 Å². The predicted octanol–water partition coefficient (Wildman–Crippen LogP) is 2.36. The van der Waals surface area contributed by atoms with E-state index in [4.69, 9.17) is 37.0 Å². The number of rotatable bonds is 9. The summed E-state index contributed by atoms with van der Waals surface area (Å²) in [5.74, 6) is -1.49. The summed E-state index contributed by atoms with van der Waals surface area (Å²) in [6.07, 6.45) is 3.86. The van der Waals surface area contributed by atoms with Gasteiger partial charge in [0.05, 0.1) is 35.5 Å². The minimum atomic E-state index is -1.26. The Kier molecular flexibility index (Phi) is 13.4. The molecule has 12 nitrogen and oxygen atoms in total. The smallest absolute Gasteiger partial charge is 0.328 e. The zero-order valence-electron chi connectivity index (χ0n) is 24.0. The van der Waals surface area contributed by atoms with Crippen molar-refractivity contribution in [1.82, 2.24) is 15.1 Å². The number of benzene rings is 1. The van der Waals surface area contributed by atoms with Crippen molar-refractivity contribution in [1.29, 1.82) is 0 Å². The SMILES string of the molecule is COc1cc(N)c(Cl)cc1C(=O)N[C@@H]1CCN(CC2CCN(C(=O)C(C)C)CC2)C[C@@H]1OC.O=C(O)/C=C\C(=O)O. The summed E-state index contributed by atoms with van der Waals surface area (Å²) in [7, 11) is 3.18. The number of nitrogen functional groups attached to an aromatic ring is 1. The molecule has 2 aliphatic rings. The number of halogens is 1. The summed E-state index contributed by atoms with van der Waals surface area (Å²) in [4.78, 5) is 48.7. The quantitative estimate of drug-likeness (QED) is 0.245. The van der Waals surface area contributed by atoms with Gasteiger partial charge in [-0.15, -0.1) is 0 Å².